The molecule has 1 aliphatic rings. The molecule has 6 aromatic rings. The van der Waals surface area contributed by atoms with E-state index in [0.717, 1.165) is 36.6 Å². The van der Waals surface area contributed by atoms with Gasteiger partial charge in [-0.3, -0.25) is 24.6 Å². The molecule has 2 aromatic heterocycles. The van der Waals surface area contributed by atoms with Gasteiger partial charge in [-0.1, -0.05) is 64.7 Å². The average molecular weight is 808 g/mol. The largest absolute Gasteiger partial charge is 0.497 e. The van der Waals surface area contributed by atoms with Gasteiger partial charge >= 0.3 is 5.63 Å². The van der Waals surface area contributed by atoms with Crippen molar-refractivity contribution >= 4 is 50.1 Å². The number of hydrogen-bond acceptors (Lipinski definition) is 10. The summed E-state index contributed by atoms with van der Waals surface area (Å²) in [5, 5.41) is 23.3. The fraction of sp³-hybridized carbons (Fsp3) is 0.225. The number of halogens is 1. The summed E-state index contributed by atoms with van der Waals surface area (Å²) < 4.78 is 19.4. The fourth-order valence-electron chi connectivity index (χ4n) is 6.65. The van der Waals surface area contributed by atoms with E-state index in [-0.39, 0.29) is 29.6 Å². The highest BCUT2D eigenvalue weighted by molar-refractivity contribution is 9.10. The molecule has 55 heavy (non-hydrogen) atoms. The lowest BCUT2D eigenvalue weighted by molar-refractivity contribution is -0.384. The Hall–Kier alpha value is -6.35. The molecule has 1 atom stereocenters. The van der Waals surface area contributed by atoms with Gasteiger partial charge in [-0.2, -0.15) is 0 Å². The maximum Gasteiger partial charge on any atom is 0.349 e. The first kappa shape index (κ1) is 37.0. The van der Waals surface area contributed by atoms with Crippen molar-refractivity contribution in [3.63, 3.8) is 0 Å². The van der Waals surface area contributed by atoms with Crippen molar-refractivity contribution < 1.29 is 28.4 Å². The lowest BCUT2D eigenvalue weighted by Crippen LogP contribution is -2.48. The monoisotopic (exact) mass is 806 g/mol. The number of methoxy groups -OCH3 is 1. The SMILES string of the molecule is COc1ccc(N(C(=O)c2cc3cc(Br)ccc3oc2=O)C(C(=O)NC2CCCCC2)c2ccccc2OCc2cn(-c3cccc([N+](=O)[O-])c3)nn2)cc1. The highest BCUT2D eigenvalue weighted by Crippen LogP contribution is 2.36. The average Bonchev–Trinajstić information content (AvgIpc) is 3.69. The third-order valence-corrected chi connectivity index (χ3v) is 9.88. The third-order valence-electron chi connectivity index (χ3n) is 9.39. The molecule has 1 fully saturated rings. The lowest BCUT2D eigenvalue weighted by atomic mass is 9.94. The maximum atomic E-state index is 14.9. The van der Waals surface area contributed by atoms with Crippen LogP contribution in [0.5, 0.6) is 11.5 Å². The molecular formula is C40H35BrN6O8. The molecule has 1 aliphatic carbocycles. The minimum Gasteiger partial charge on any atom is -0.497 e. The van der Waals surface area contributed by atoms with Crippen LogP contribution in [0, 0.1) is 10.1 Å². The van der Waals surface area contributed by atoms with E-state index in [0.29, 0.717) is 39.4 Å². The smallest absolute Gasteiger partial charge is 0.349 e. The van der Waals surface area contributed by atoms with Crippen molar-refractivity contribution in [2.24, 2.45) is 0 Å². The molecule has 0 radical (unpaired) electrons. The van der Waals surface area contributed by atoms with Gasteiger partial charge in [-0.05, 0) is 73.5 Å². The van der Waals surface area contributed by atoms with Crippen molar-refractivity contribution in [3.05, 3.63) is 145 Å². The minimum absolute atomic E-state index is 0.0947. The van der Waals surface area contributed by atoms with Gasteiger partial charge in [0.1, 0.15) is 41.0 Å². The van der Waals surface area contributed by atoms with Gasteiger partial charge in [0.05, 0.1) is 23.9 Å². The second-order valence-corrected chi connectivity index (χ2v) is 13.9. The fourth-order valence-corrected chi connectivity index (χ4v) is 7.03. The van der Waals surface area contributed by atoms with Crippen LogP contribution in [0.2, 0.25) is 0 Å². The number of rotatable bonds is 12. The Morgan fingerprint density at radius 2 is 1.80 bits per heavy atom. The summed E-state index contributed by atoms with van der Waals surface area (Å²) in [7, 11) is 1.52. The van der Waals surface area contributed by atoms with Gasteiger partial charge < -0.3 is 19.2 Å². The second-order valence-electron chi connectivity index (χ2n) is 13.0. The lowest BCUT2D eigenvalue weighted by Gasteiger charge is -2.34. The summed E-state index contributed by atoms with van der Waals surface area (Å²) in [5.74, 6) is -0.427. The predicted molar refractivity (Wildman–Crippen MR) is 207 cm³/mol. The number of nitrogens with zero attached hydrogens (tertiary/aromatic N) is 5. The Balaban J connectivity index is 1.30. The standard InChI is InChI=1S/C40H35BrN6O8/c1-53-32-17-15-29(16-18-32)46(39(49)34-21-25-20-26(41)14-19-35(25)55-40(34)50)37(38(48)42-27-8-3-2-4-9-27)33-12-5-6-13-36(33)54-24-28-23-45(44-43-28)30-10-7-11-31(22-30)47(51)52/h5-7,10-23,27,37H,2-4,8-9,24H2,1H3,(H,42,48). The molecule has 14 nitrogen and oxygen atoms in total. The molecule has 1 unspecified atom stereocenters. The molecule has 0 spiro atoms. The highest BCUT2D eigenvalue weighted by Gasteiger charge is 2.38. The minimum atomic E-state index is -1.32. The topological polar surface area (TPSA) is 172 Å². The molecule has 1 N–H and O–H groups in total. The summed E-state index contributed by atoms with van der Waals surface area (Å²) in [6, 6.07) is 24.6. The van der Waals surface area contributed by atoms with E-state index in [1.165, 1.54) is 34.9 Å². The van der Waals surface area contributed by atoms with Crippen LogP contribution in [0.15, 0.2) is 117 Å². The van der Waals surface area contributed by atoms with E-state index in [1.54, 1.807) is 85.1 Å². The third kappa shape index (κ3) is 8.26. The van der Waals surface area contributed by atoms with Crippen LogP contribution in [0.4, 0.5) is 11.4 Å². The Kier molecular flexibility index (Phi) is 11.0. The van der Waals surface area contributed by atoms with Crippen LogP contribution >= 0.6 is 15.9 Å². The van der Waals surface area contributed by atoms with Crippen LogP contribution < -0.4 is 25.3 Å². The van der Waals surface area contributed by atoms with Gasteiger partial charge in [0.15, 0.2) is 0 Å². The van der Waals surface area contributed by atoms with E-state index in [4.69, 9.17) is 13.9 Å². The van der Waals surface area contributed by atoms with Gasteiger partial charge in [-0.25, -0.2) is 9.48 Å². The Morgan fingerprint density at radius 1 is 1.02 bits per heavy atom. The molecule has 0 aliphatic heterocycles. The number of non-ortho nitro benzene ring substituents is 1. The van der Waals surface area contributed by atoms with E-state index >= 15 is 0 Å². The first-order chi connectivity index (χ1) is 26.7. The number of para-hydroxylation sites is 1. The van der Waals surface area contributed by atoms with Gasteiger partial charge in [0.25, 0.3) is 11.6 Å². The van der Waals surface area contributed by atoms with Crippen LogP contribution in [0.1, 0.15) is 59.8 Å². The molecule has 15 heteroatoms. The molecule has 1 saturated carbocycles. The number of nitro groups is 1. The summed E-state index contributed by atoms with van der Waals surface area (Å²) >= 11 is 3.44. The zero-order chi connectivity index (χ0) is 38.5. The van der Waals surface area contributed by atoms with Gasteiger partial charge in [-0.15, -0.1) is 5.10 Å². The predicted octanol–water partition coefficient (Wildman–Crippen LogP) is 7.47. The Labute approximate surface area is 322 Å². The molecule has 7 rings (SSSR count). The normalized spacial score (nSPS) is 13.6. The second kappa shape index (κ2) is 16.3. The van der Waals surface area contributed by atoms with Crippen molar-refractivity contribution in [3.8, 4) is 17.2 Å². The molecule has 4 aromatic carbocycles. The number of ether oxygens (including phenoxy) is 2. The summed E-state index contributed by atoms with van der Waals surface area (Å²) in [6.07, 6.45) is 6.15. The van der Waals surface area contributed by atoms with E-state index in [9.17, 15) is 24.5 Å². The maximum absolute atomic E-state index is 14.9. The van der Waals surface area contributed by atoms with E-state index < -0.39 is 28.4 Å². The van der Waals surface area contributed by atoms with Crippen molar-refractivity contribution in [1.82, 2.24) is 20.3 Å². The van der Waals surface area contributed by atoms with E-state index in [2.05, 4.69) is 31.6 Å². The zero-order valence-electron chi connectivity index (χ0n) is 29.6. The number of carbonyl (C=O) groups is 2. The number of aromatic nitrogens is 3. The van der Waals surface area contributed by atoms with Crippen molar-refractivity contribution in [2.45, 2.75) is 50.8 Å². The first-order valence-corrected chi connectivity index (χ1v) is 18.4. The number of carbonyl (C=O) groups excluding carboxylic acids is 2. The van der Waals surface area contributed by atoms with Crippen LogP contribution in [0.25, 0.3) is 16.7 Å². The molecule has 2 heterocycles. The molecule has 2 amide bonds. The zero-order valence-corrected chi connectivity index (χ0v) is 31.2. The Bertz CT molecular complexity index is 2430. The summed E-state index contributed by atoms with van der Waals surface area (Å²) in [5.41, 5.74) is 0.571. The van der Waals surface area contributed by atoms with Gasteiger partial charge in [0.2, 0.25) is 5.91 Å². The molecule has 280 valence electrons. The molecule has 0 bridgehead atoms. The van der Waals surface area contributed by atoms with E-state index in [1.807, 2.05) is 0 Å². The Morgan fingerprint density at radius 3 is 2.56 bits per heavy atom. The van der Waals surface area contributed by atoms with Crippen molar-refractivity contribution in [1.29, 1.82) is 0 Å². The number of anilines is 1. The van der Waals surface area contributed by atoms with Crippen LogP contribution in [-0.2, 0) is 11.4 Å². The number of benzene rings is 4. The summed E-state index contributed by atoms with van der Waals surface area (Å²) in [4.78, 5) is 55.2. The van der Waals surface area contributed by atoms with Gasteiger partial charge in [0, 0.05) is 39.3 Å². The quantitative estimate of drug-likeness (QED) is 0.0743. The number of nitro benzene ring substituents is 1. The number of amides is 2. The number of nitrogens with one attached hydrogen (secondary N) is 1. The van der Waals surface area contributed by atoms with Crippen molar-refractivity contribution in [2.75, 3.05) is 12.0 Å². The molecular weight excluding hydrogens is 772 g/mol. The molecule has 0 saturated heterocycles. The van der Waals surface area contributed by atoms with Crippen LogP contribution in [0.3, 0.4) is 0 Å². The summed E-state index contributed by atoms with van der Waals surface area (Å²) in [6.45, 7) is -0.0947. The highest BCUT2D eigenvalue weighted by atomic mass is 79.9. The number of fused-ring (bicyclic) bond motifs is 1. The van der Waals surface area contributed by atoms with Crippen LogP contribution in [-0.4, -0.2) is 44.9 Å². The first-order valence-electron chi connectivity index (χ1n) is 17.6. The number of hydrogen-bond donors (Lipinski definition) is 1.